The van der Waals surface area contributed by atoms with Crippen molar-refractivity contribution in [2.24, 2.45) is 0 Å². The molecule has 0 saturated heterocycles. The minimum Gasteiger partial charge on any atom is -0.462 e. The van der Waals surface area contributed by atoms with Gasteiger partial charge in [0.1, 0.15) is 5.00 Å². The lowest BCUT2D eigenvalue weighted by atomic mass is 10.1. The number of aromatic nitrogens is 3. The van der Waals surface area contributed by atoms with E-state index in [2.05, 4.69) is 52.3 Å². The van der Waals surface area contributed by atoms with Crippen molar-refractivity contribution >= 4 is 51.3 Å². The van der Waals surface area contributed by atoms with Gasteiger partial charge in [-0.3, -0.25) is 4.79 Å². The summed E-state index contributed by atoms with van der Waals surface area (Å²) in [5.41, 5.74) is 2.68. The average Bonchev–Trinajstić information content (AvgIpc) is 3.52. The van der Waals surface area contributed by atoms with Crippen molar-refractivity contribution in [1.29, 1.82) is 0 Å². The molecule has 0 aromatic carbocycles. The summed E-state index contributed by atoms with van der Waals surface area (Å²) in [4.78, 5) is 28.3. The monoisotopic (exact) mass is 546 g/mol. The van der Waals surface area contributed by atoms with Crippen molar-refractivity contribution in [3.63, 3.8) is 0 Å². The van der Waals surface area contributed by atoms with Crippen molar-refractivity contribution < 1.29 is 14.3 Å². The van der Waals surface area contributed by atoms with Crippen LogP contribution in [0.2, 0.25) is 0 Å². The Labute approximate surface area is 225 Å². The lowest BCUT2D eigenvalue weighted by Crippen LogP contribution is -2.17. The highest BCUT2D eigenvalue weighted by atomic mass is 32.2. The first kappa shape index (κ1) is 26.9. The maximum atomic E-state index is 13.0. The van der Waals surface area contributed by atoms with E-state index in [-0.39, 0.29) is 17.6 Å². The Morgan fingerprint density at radius 3 is 2.72 bits per heavy atom. The van der Waals surface area contributed by atoms with Crippen LogP contribution in [-0.2, 0) is 28.9 Å². The summed E-state index contributed by atoms with van der Waals surface area (Å²) in [5.74, 6) is 0.995. The number of nitrogens with zero attached hydrogens (tertiary/aromatic N) is 3. The summed E-state index contributed by atoms with van der Waals surface area (Å²) in [6.07, 6.45) is 6.06. The molecule has 0 fully saturated rings. The molecule has 0 aliphatic heterocycles. The quantitative estimate of drug-likeness (QED) is 0.171. The summed E-state index contributed by atoms with van der Waals surface area (Å²) in [6, 6.07) is 2.18. The summed E-state index contributed by atoms with van der Waals surface area (Å²) < 4.78 is 7.44. The first-order valence-electron chi connectivity index (χ1n) is 12.7. The lowest BCUT2D eigenvalue weighted by molar-refractivity contribution is -0.113. The second-order valence-electron chi connectivity index (χ2n) is 9.18. The number of thiophene rings is 2. The van der Waals surface area contributed by atoms with E-state index in [1.54, 1.807) is 18.3 Å². The van der Waals surface area contributed by atoms with Gasteiger partial charge in [0.15, 0.2) is 11.0 Å². The average molecular weight is 547 g/mol. The number of fused-ring (bicyclic) bond motifs is 1. The van der Waals surface area contributed by atoms with Crippen LogP contribution in [0.4, 0.5) is 5.00 Å². The topological polar surface area (TPSA) is 86.1 Å². The molecule has 10 heteroatoms. The van der Waals surface area contributed by atoms with E-state index in [0.29, 0.717) is 23.1 Å². The third kappa shape index (κ3) is 6.03. The van der Waals surface area contributed by atoms with Crippen LogP contribution in [0, 0.1) is 0 Å². The van der Waals surface area contributed by atoms with E-state index in [1.807, 2.05) is 0 Å². The summed E-state index contributed by atoms with van der Waals surface area (Å²) in [5, 5.41) is 15.3. The Bertz CT molecular complexity index is 1210. The molecule has 0 unspecified atom stereocenters. The third-order valence-electron chi connectivity index (χ3n) is 6.10. The van der Waals surface area contributed by atoms with E-state index in [4.69, 9.17) is 4.74 Å². The Balaban J connectivity index is 1.49. The summed E-state index contributed by atoms with van der Waals surface area (Å²) in [6.45, 7) is 9.39. The van der Waals surface area contributed by atoms with Gasteiger partial charge in [0.25, 0.3) is 0 Å². The fraction of sp³-hybridized carbons (Fsp3) is 0.538. The number of hydrogen-bond acceptors (Lipinski definition) is 8. The molecule has 3 aromatic rings. The molecule has 0 saturated carbocycles. The number of aryl methyl sites for hydroxylation is 1. The molecule has 0 bridgehead atoms. The Morgan fingerprint density at radius 1 is 1.19 bits per heavy atom. The van der Waals surface area contributed by atoms with Gasteiger partial charge in [-0.05, 0) is 56.6 Å². The molecule has 3 heterocycles. The fourth-order valence-electron chi connectivity index (χ4n) is 4.35. The van der Waals surface area contributed by atoms with Gasteiger partial charge in [0, 0.05) is 27.2 Å². The normalized spacial score (nSPS) is 13.5. The van der Waals surface area contributed by atoms with Crippen LogP contribution in [0.1, 0.15) is 85.0 Å². The van der Waals surface area contributed by atoms with Crippen molar-refractivity contribution in [3.05, 3.63) is 32.3 Å². The van der Waals surface area contributed by atoms with E-state index < -0.39 is 0 Å². The van der Waals surface area contributed by atoms with E-state index >= 15 is 0 Å². The minimum atomic E-state index is -0.344. The highest BCUT2D eigenvalue weighted by molar-refractivity contribution is 7.99. The predicted molar refractivity (Wildman–Crippen MR) is 149 cm³/mol. The number of anilines is 1. The number of esters is 1. The molecule has 0 spiro atoms. The molecular weight excluding hydrogens is 513 g/mol. The molecule has 1 amide bonds. The largest absolute Gasteiger partial charge is 0.462 e. The fourth-order valence-corrected chi connectivity index (χ4v) is 7.31. The zero-order valence-electron chi connectivity index (χ0n) is 21.4. The molecule has 1 N–H and O–H groups in total. The van der Waals surface area contributed by atoms with E-state index in [9.17, 15) is 9.59 Å². The maximum absolute atomic E-state index is 13.0. The second-order valence-corrected chi connectivity index (χ2v) is 12.2. The van der Waals surface area contributed by atoms with Gasteiger partial charge in [-0.2, -0.15) is 0 Å². The van der Waals surface area contributed by atoms with Crippen LogP contribution >= 0.6 is 34.4 Å². The van der Waals surface area contributed by atoms with Gasteiger partial charge < -0.3 is 14.6 Å². The molecule has 36 heavy (non-hydrogen) atoms. The molecule has 1 aliphatic rings. The Hall–Kier alpha value is -2.17. The number of hydrogen-bond donors (Lipinski definition) is 1. The van der Waals surface area contributed by atoms with Crippen molar-refractivity contribution in [2.75, 3.05) is 17.7 Å². The summed E-state index contributed by atoms with van der Waals surface area (Å²) >= 11 is 4.64. The van der Waals surface area contributed by atoms with E-state index in [1.165, 1.54) is 32.9 Å². The van der Waals surface area contributed by atoms with Crippen molar-refractivity contribution in [3.8, 4) is 11.4 Å². The Morgan fingerprint density at radius 2 is 2.00 bits per heavy atom. The first-order valence-corrected chi connectivity index (χ1v) is 15.4. The Kier molecular flexibility index (Phi) is 9.25. The first-order chi connectivity index (χ1) is 17.4. The zero-order chi connectivity index (χ0) is 25.7. The van der Waals surface area contributed by atoms with Crippen molar-refractivity contribution in [2.45, 2.75) is 83.8 Å². The number of rotatable bonds is 10. The zero-order valence-corrected chi connectivity index (χ0v) is 23.8. The SMILES string of the molecule is CCCn1c(SCC(=O)Nc2sc3c(c2C(=O)OCC)CCCCC3)nnc1-c1csc(C(C)C)c1. The number of nitrogens with one attached hydrogen (secondary N) is 1. The van der Waals surface area contributed by atoms with Crippen LogP contribution in [0.15, 0.2) is 16.6 Å². The number of amides is 1. The van der Waals surface area contributed by atoms with Crippen LogP contribution in [0.5, 0.6) is 0 Å². The molecule has 194 valence electrons. The second kappa shape index (κ2) is 12.4. The van der Waals surface area contributed by atoms with Crippen molar-refractivity contribution in [1.82, 2.24) is 14.8 Å². The van der Waals surface area contributed by atoms with Crippen LogP contribution in [0.25, 0.3) is 11.4 Å². The summed E-state index contributed by atoms with van der Waals surface area (Å²) in [7, 11) is 0. The smallest absolute Gasteiger partial charge is 0.341 e. The molecule has 3 aromatic heterocycles. The lowest BCUT2D eigenvalue weighted by Gasteiger charge is -2.09. The number of carbonyl (C=O) groups is 2. The van der Waals surface area contributed by atoms with Gasteiger partial charge in [0.05, 0.1) is 17.9 Å². The third-order valence-corrected chi connectivity index (χ3v) is 9.50. The van der Waals surface area contributed by atoms with Crippen LogP contribution in [-0.4, -0.2) is 39.0 Å². The van der Waals surface area contributed by atoms with Gasteiger partial charge >= 0.3 is 5.97 Å². The number of carbonyl (C=O) groups excluding carboxylic acids is 2. The molecule has 7 nitrogen and oxygen atoms in total. The minimum absolute atomic E-state index is 0.160. The number of ether oxygens (including phenoxy) is 1. The standard InChI is InChI=1S/C26H34N4O3S3/c1-5-12-30-23(17-13-20(16(3)4)34-14-17)28-29-26(30)35-15-21(31)27-24-22(25(32)33-6-2)18-10-8-7-9-11-19(18)36-24/h13-14,16H,5-12,15H2,1-4H3,(H,27,31). The molecule has 1 aliphatic carbocycles. The highest BCUT2D eigenvalue weighted by Crippen LogP contribution is 2.38. The number of thioether (sulfide) groups is 1. The van der Waals surface area contributed by atoms with Crippen LogP contribution in [0.3, 0.4) is 0 Å². The maximum Gasteiger partial charge on any atom is 0.341 e. The van der Waals surface area contributed by atoms with E-state index in [0.717, 1.165) is 67.2 Å². The van der Waals surface area contributed by atoms with Gasteiger partial charge in [-0.15, -0.1) is 32.9 Å². The highest BCUT2D eigenvalue weighted by Gasteiger charge is 2.27. The van der Waals surface area contributed by atoms with Gasteiger partial charge in [-0.1, -0.05) is 39.0 Å². The van der Waals surface area contributed by atoms with Gasteiger partial charge in [0.2, 0.25) is 5.91 Å². The molecule has 4 rings (SSSR count). The van der Waals surface area contributed by atoms with Crippen LogP contribution < -0.4 is 5.32 Å². The molecule has 0 radical (unpaired) electrons. The molecular formula is C26H34N4O3S3. The molecule has 0 atom stereocenters. The predicted octanol–water partition coefficient (Wildman–Crippen LogP) is 6.78. The van der Waals surface area contributed by atoms with Gasteiger partial charge in [-0.25, -0.2) is 4.79 Å².